The molecule has 2 aliphatic rings. The van der Waals surface area contributed by atoms with E-state index in [1.54, 1.807) is 26.1 Å². The molecule has 1 aromatic rings. The minimum atomic E-state index is -5.25. The van der Waals surface area contributed by atoms with Gasteiger partial charge in [-0.25, -0.2) is 4.39 Å². The summed E-state index contributed by atoms with van der Waals surface area (Å²) in [6.07, 6.45) is -4.95. The number of nitrogens with zero attached hydrogens (tertiary/aromatic N) is 1. The van der Waals surface area contributed by atoms with Gasteiger partial charge in [-0.05, 0) is 42.5 Å². The van der Waals surface area contributed by atoms with Crippen molar-refractivity contribution < 1.29 is 31.9 Å². The van der Waals surface area contributed by atoms with Gasteiger partial charge in [0.15, 0.2) is 5.78 Å². The summed E-state index contributed by atoms with van der Waals surface area (Å²) in [4.78, 5) is 39.6. The Hall–Kier alpha value is -2.71. The van der Waals surface area contributed by atoms with E-state index >= 15 is 0 Å². The average Bonchev–Trinajstić information content (AvgIpc) is 2.84. The molecule has 2 amide bonds. The van der Waals surface area contributed by atoms with Crippen molar-refractivity contribution in [1.29, 1.82) is 0 Å². The lowest BCUT2D eigenvalue weighted by Gasteiger charge is -2.35. The first-order valence-electron chi connectivity index (χ1n) is 9.57. The number of hydrogen-bond donors (Lipinski definition) is 1. The number of carbonyl (C=O) groups is 3. The lowest BCUT2D eigenvalue weighted by atomic mass is 9.72. The van der Waals surface area contributed by atoms with E-state index in [1.807, 2.05) is 0 Å². The van der Waals surface area contributed by atoms with Crippen molar-refractivity contribution in [3.8, 4) is 0 Å². The fourth-order valence-corrected chi connectivity index (χ4v) is 4.13. The lowest BCUT2D eigenvalue weighted by Crippen LogP contribution is -2.66. The van der Waals surface area contributed by atoms with E-state index in [9.17, 15) is 31.9 Å². The molecule has 1 aliphatic heterocycles. The number of halogens is 4. The zero-order valence-corrected chi connectivity index (χ0v) is 16.8. The molecular weight excluding hydrogens is 404 g/mol. The highest BCUT2D eigenvalue weighted by Crippen LogP contribution is 2.51. The Balaban J connectivity index is 2.18. The van der Waals surface area contributed by atoms with Crippen LogP contribution < -0.4 is 5.32 Å². The first kappa shape index (κ1) is 22.0. The molecule has 0 fully saturated rings. The van der Waals surface area contributed by atoms with Crippen molar-refractivity contribution in [3.63, 3.8) is 0 Å². The van der Waals surface area contributed by atoms with Crippen LogP contribution in [0.4, 0.5) is 17.6 Å². The van der Waals surface area contributed by atoms with E-state index in [-0.39, 0.29) is 30.6 Å². The minimum Gasteiger partial charge on any atom is -0.326 e. The molecule has 1 aromatic carbocycles. The lowest BCUT2D eigenvalue weighted by molar-refractivity contribution is -0.190. The molecule has 3 rings (SSSR count). The van der Waals surface area contributed by atoms with Crippen molar-refractivity contribution in [2.24, 2.45) is 5.41 Å². The van der Waals surface area contributed by atoms with E-state index in [4.69, 9.17) is 0 Å². The van der Waals surface area contributed by atoms with Crippen molar-refractivity contribution in [2.75, 3.05) is 6.54 Å². The molecule has 1 N–H and O–H groups in total. The third-order valence-electron chi connectivity index (χ3n) is 5.40. The second-order valence-corrected chi connectivity index (χ2v) is 8.43. The van der Waals surface area contributed by atoms with E-state index in [1.165, 1.54) is 0 Å². The number of carbonyl (C=O) groups excluding carboxylic acids is 3. The molecule has 0 spiro atoms. The number of alkyl halides is 3. The van der Waals surface area contributed by atoms with Crippen LogP contribution in [-0.4, -0.2) is 40.8 Å². The Labute approximate surface area is 171 Å². The van der Waals surface area contributed by atoms with Gasteiger partial charge in [0.25, 0.3) is 11.8 Å². The summed E-state index contributed by atoms with van der Waals surface area (Å²) in [5.74, 6) is -4.09. The number of amides is 2. The SMILES string of the molecule is CCCN1C(=O)C(NC(=O)c2ccc(F)cc2)(C(F)(F)F)C2=C1CC(C)(C)CC2=O. The largest absolute Gasteiger partial charge is 0.425 e. The summed E-state index contributed by atoms with van der Waals surface area (Å²) in [7, 11) is 0. The van der Waals surface area contributed by atoms with Crippen LogP contribution in [0.25, 0.3) is 0 Å². The zero-order valence-electron chi connectivity index (χ0n) is 16.8. The predicted molar refractivity (Wildman–Crippen MR) is 99.7 cm³/mol. The molecule has 0 aromatic heterocycles. The molecule has 30 heavy (non-hydrogen) atoms. The van der Waals surface area contributed by atoms with Crippen molar-refractivity contribution in [2.45, 2.75) is 51.7 Å². The van der Waals surface area contributed by atoms with Crippen LogP contribution in [0.1, 0.15) is 50.4 Å². The van der Waals surface area contributed by atoms with Gasteiger partial charge in [0.05, 0.1) is 5.57 Å². The molecule has 162 valence electrons. The second kappa shape index (κ2) is 7.21. The molecule has 1 aliphatic carbocycles. The molecule has 0 saturated carbocycles. The van der Waals surface area contributed by atoms with Crippen LogP contribution in [-0.2, 0) is 9.59 Å². The molecule has 9 heteroatoms. The molecule has 0 saturated heterocycles. The van der Waals surface area contributed by atoms with E-state index in [0.29, 0.717) is 6.42 Å². The molecule has 0 radical (unpaired) electrons. The van der Waals surface area contributed by atoms with E-state index in [0.717, 1.165) is 29.2 Å². The van der Waals surface area contributed by atoms with Crippen LogP contribution in [0, 0.1) is 11.2 Å². The van der Waals surface area contributed by atoms with E-state index < -0.39 is 46.1 Å². The van der Waals surface area contributed by atoms with Crippen LogP contribution >= 0.6 is 0 Å². The van der Waals surface area contributed by atoms with Crippen LogP contribution in [0.2, 0.25) is 0 Å². The van der Waals surface area contributed by atoms with Gasteiger partial charge in [0.2, 0.25) is 5.54 Å². The summed E-state index contributed by atoms with van der Waals surface area (Å²) in [5.41, 5.74) is -5.03. The van der Waals surface area contributed by atoms with Crippen LogP contribution in [0.15, 0.2) is 35.5 Å². The fourth-order valence-electron chi connectivity index (χ4n) is 4.13. The maximum absolute atomic E-state index is 14.4. The number of benzene rings is 1. The fraction of sp³-hybridized carbons (Fsp3) is 0.476. The standard InChI is InChI=1S/C21H22F4N2O3/c1-4-9-27-14-10-19(2,3)11-15(28)16(14)20(18(27)30,21(23,24)25)26-17(29)12-5-7-13(22)8-6-12/h5-8H,4,9-11H2,1-3H3,(H,26,29). The smallest absolute Gasteiger partial charge is 0.326 e. The quantitative estimate of drug-likeness (QED) is 0.746. The van der Waals surface area contributed by atoms with Gasteiger partial charge in [-0.15, -0.1) is 0 Å². The van der Waals surface area contributed by atoms with Crippen LogP contribution in [0.3, 0.4) is 0 Å². The summed E-state index contributed by atoms with van der Waals surface area (Å²) >= 11 is 0. The first-order chi connectivity index (χ1) is 13.8. The molecule has 1 heterocycles. The summed E-state index contributed by atoms with van der Waals surface area (Å²) in [5, 5.41) is 1.81. The van der Waals surface area contributed by atoms with Gasteiger partial charge in [-0.3, -0.25) is 14.4 Å². The number of Topliss-reactive ketones (excluding diaryl/α,β-unsaturated/α-hetero) is 1. The Morgan fingerprint density at radius 1 is 1.13 bits per heavy atom. The van der Waals surface area contributed by atoms with Gasteiger partial charge in [-0.1, -0.05) is 20.8 Å². The Morgan fingerprint density at radius 2 is 1.73 bits per heavy atom. The van der Waals surface area contributed by atoms with Crippen LogP contribution in [0.5, 0.6) is 0 Å². The highest BCUT2D eigenvalue weighted by Gasteiger charge is 2.71. The number of nitrogens with one attached hydrogen (secondary N) is 1. The summed E-state index contributed by atoms with van der Waals surface area (Å²) < 4.78 is 56.5. The van der Waals surface area contributed by atoms with Gasteiger partial charge in [0, 0.05) is 24.2 Å². The average molecular weight is 426 g/mol. The first-order valence-corrected chi connectivity index (χ1v) is 9.57. The van der Waals surface area contributed by atoms with Crippen molar-refractivity contribution in [1.82, 2.24) is 10.2 Å². The molecule has 1 atom stereocenters. The van der Waals surface area contributed by atoms with Gasteiger partial charge in [0.1, 0.15) is 5.82 Å². The highest BCUT2D eigenvalue weighted by atomic mass is 19.4. The van der Waals surface area contributed by atoms with E-state index in [2.05, 4.69) is 0 Å². The Bertz CT molecular complexity index is 935. The molecule has 5 nitrogen and oxygen atoms in total. The third kappa shape index (κ3) is 3.40. The second-order valence-electron chi connectivity index (χ2n) is 8.43. The van der Waals surface area contributed by atoms with Gasteiger partial charge in [-0.2, -0.15) is 13.2 Å². The number of hydrogen-bond acceptors (Lipinski definition) is 3. The topological polar surface area (TPSA) is 66.5 Å². The number of allylic oxidation sites excluding steroid dienone is 1. The normalized spacial score (nSPS) is 23.6. The van der Waals surface area contributed by atoms with Gasteiger partial charge < -0.3 is 10.2 Å². The summed E-state index contributed by atoms with van der Waals surface area (Å²) in [6.45, 7) is 5.18. The van der Waals surface area contributed by atoms with Crippen molar-refractivity contribution in [3.05, 3.63) is 46.9 Å². The molecular formula is C21H22F4N2O3. The zero-order chi connectivity index (χ0) is 22.5. The Morgan fingerprint density at radius 3 is 2.27 bits per heavy atom. The highest BCUT2D eigenvalue weighted by molar-refractivity contribution is 6.14. The maximum atomic E-state index is 14.4. The minimum absolute atomic E-state index is 0.00866. The maximum Gasteiger partial charge on any atom is 0.425 e. The number of rotatable bonds is 4. The Kier molecular flexibility index (Phi) is 5.28. The summed E-state index contributed by atoms with van der Waals surface area (Å²) in [6, 6.07) is 3.88. The third-order valence-corrected chi connectivity index (χ3v) is 5.40. The van der Waals surface area contributed by atoms with Crippen molar-refractivity contribution >= 4 is 17.6 Å². The van der Waals surface area contributed by atoms with Gasteiger partial charge >= 0.3 is 6.18 Å². The predicted octanol–water partition coefficient (Wildman–Crippen LogP) is 3.75. The molecule has 0 bridgehead atoms. The number of ketones is 1. The monoisotopic (exact) mass is 426 g/mol. The molecule has 1 unspecified atom stereocenters.